The van der Waals surface area contributed by atoms with Gasteiger partial charge in [-0.3, -0.25) is 0 Å². The molecule has 0 unspecified atom stereocenters. The normalized spacial score (nSPS) is 10.7. The van der Waals surface area contributed by atoms with Crippen LogP contribution in [0.2, 0.25) is 18.1 Å². The van der Waals surface area contributed by atoms with E-state index in [1.54, 1.807) is 18.2 Å². The van der Waals surface area contributed by atoms with Crippen LogP contribution in [0.15, 0.2) is 62.2 Å². The highest BCUT2D eigenvalue weighted by Crippen LogP contribution is 2.32. The summed E-state index contributed by atoms with van der Waals surface area (Å²) in [5, 5.41) is 9.80. The van der Waals surface area contributed by atoms with Gasteiger partial charge in [0.2, 0.25) is 0 Å². The molecule has 0 amide bonds. The third-order valence-corrected chi connectivity index (χ3v) is 6.49. The van der Waals surface area contributed by atoms with E-state index in [1.165, 1.54) is 0 Å². The molecule has 0 radical (unpaired) electrons. The zero-order chi connectivity index (χ0) is 13.4. The summed E-state index contributed by atoms with van der Waals surface area (Å²) in [5.74, 6) is 0.710. The van der Waals surface area contributed by atoms with Crippen LogP contribution in [0.3, 0.4) is 0 Å². The second-order valence-corrected chi connectivity index (χ2v) is 8.03. The maximum absolute atomic E-state index is 9.80. The molecule has 0 saturated carbocycles. The topological polar surface area (TPSA) is 29.5 Å². The van der Waals surface area contributed by atoms with Gasteiger partial charge in [-0.05, 0) is 30.3 Å². The van der Waals surface area contributed by atoms with Gasteiger partial charge in [-0.15, -0.1) is 19.7 Å². The summed E-state index contributed by atoms with van der Waals surface area (Å²) in [6.45, 7) is 11.4. The van der Waals surface area contributed by atoms with Gasteiger partial charge >= 0.3 is 0 Å². The van der Waals surface area contributed by atoms with Crippen molar-refractivity contribution in [3.05, 3.63) is 62.2 Å². The lowest BCUT2D eigenvalue weighted by molar-refractivity contribution is 0.433. The Bertz CT molecular complexity index is 400. The van der Waals surface area contributed by atoms with E-state index in [-0.39, 0.29) is 5.75 Å². The van der Waals surface area contributed by atoms with Crippen LogP contribution < -0.4 is 4.43 Å². The minimum absolute atomic E-state index is 0.173. The monoisotopic (exact) mass is 260 g/mol. The third kappa shape index (κ3) is 3.63. The van der Waals surface area contributed by atoms with Gasteiger partial charge in [0.05, 0.1) is 0 Å². The van der Waals surface area contributed by atoms with Crippen LogP contribution in [0.4, 0.5) is 0 Å². The Morgan fingerprint density at radius 3 is 1.94 bits per heavy atom. The average Bonchev–Trinajstić information content (AvgIpc) is 2.33. The molecule has 1 aromatic rings. The Morgan fingerprint density at radius 1 is 1.00 bits per heavy atom. The number of hydrogen-bond donors (Lipinski definition) is 1. The van der Waals surface area contributed by atoms with E-state index in [1.807, 2.05) is 24.3 Å². The van der Waals surface area contributed by atoms with Crippen molar-refractivity contribution in [2.24, 2.45) is 0 Å². The predicted octanol–water partition coefficient (Wildman–Crippen LogP) is 4.27. The van der Waals surface area contributed by atoms with Crippen molar-refractivity contribution < 1.29 is 9.53 Å². The molecule has 0 spiro atoms. The van der Waals surface area contributed by atoms with Crippen molar-refractivity contribution in [3.63, 3.8) is 0 Å². The van der Waals surface area contributed by atoms with Crippen molar-refractivity contribution in [2.45, 2.75) is 18.1 Å². The molecule has 96 valence electrons. The SMILES string of the molecule is C=CC[Si](CC=C)(CC=C)Oc1ccccc1O. The van der Waals surface area contributed by atoms with Crippen LogP contribution in [0.25, 0.3) is 0 Å². The standard InChI is InChI=1S/C15H20O2Si/c1-4-11-18(12-5-2,13-6-3)17-15-10-8-7-9-14(15)16/h4-10,16H,1-3,11-13H2. The van der Waals surface area contributed by atoms with Gasteiger partial charge in [-0.2, -0.15) is 0 Å². The third-order valence-electron chi connectivity index (χ3n) is 2.74. The molecule has 0 saturated heterocycles. The van der Waals surface area contributed by atoms with E-state index < -0.39 is 8.32 Å². The van der Waals surface area contributed by atoms with Crippen molar-refractivity contribution >= 4 is 8.32 Å². The summed E-state index contributed by atoms with van der Waals surface area (Å²) in [6.07, 6.45) is 5.62. The van der Waals surface area contributed by atoms with E-state index >= 15 is 0 Å². The van der Waals surface area contributed by atoms with Crippen LogP contribution in [0, 0.1) is 0 Å². The van der Waals surface area contributed by atoms with E-state index in [2.05, 4.69) is 19.7 Å². The summed E-state index contributed by atoms with van der Waals surface area (Å²) in [6, 6.07) is 9.46. The second-order valence-electron chi connectivity index (χ2n) is 4.23. The maximum atomic E-state index is 9.80. The highest BCUT2D eigenvalue weighted by molar-refractivity contribution is 6.75. The summed E-state index contributed by atoms with van der Waals surface area (Å²) >= 11 is 0. The van der Waals surface area contributed by atoms with E-state index in [4.69, 9.17) is 4.43 Å². The molecule has 18 heavy (non-hydrogen) atoms. The molecular weight excluding hydrogens is 240 g/mol. The van der Waals surface area contributed by atoms with E-state index in [0.717, 1.165) is 18.1 Å². The highest BCUT2D eigenvalue weighted by atomic mass is 28.4. The Hall–Kier alpha value is -1.74. The van der Waals surface area contributed by atoms with Gasteiger partial charge < -0.3 is 9.53 Å². The van der Waals surface area contributed by atoms with Gasteiger partial charge in [0, 0.05) is 0 Å². The molecule has 0 atom stereocenters. The summed E-state index contributed by atoms with van der Waals surface area (Å²) in [7, 11) is -2.08. The van der Waals surface area contributed by atoms with Crippen LogP contribution in [0.5, 0.6) is 11.5 Å². The summed E-state index contributed by atoms with van der Waals surface area (Å²) in [5.41, 5.74) is 0. The smallest absolute Gasteiger partial charge is 0.262 e. The second kappa shape index (κ2) is 6.86. The van der Waals surface area contributed by atoms with Gasteiger partial charge in [0.15, 0.2) is 5.75 Å². The lowest BCUT2D eigenvalue weighted by Crippen LogP contribution is -2.40. The van der Waals surface area contributed by atoms with Gasteiger partial charge in [0.25, 0.3) is 8.32 Å². The highest BCUT2D eigenvalue weighted by Gasteiger charge is 2.33. The lowest BCUT2D eigenvalue weighted by atomic mass is 10.3. The molecule has 0 aliphatic rings. The van der Waals surface area contributed by atoms with E-state index in [9.17, 15) is 5.11 Å². The number of hydrogen-bond acceptors (Lipinski definition) is 2. The molecule has 0 heterocycles. The molecule has 3 heteroatoms. The van der Waals surface area contributed by atoms with Crippen molar-refractivity contribution in [3.8, 4) is 11.5 Å². The Kier molecular flexibility index (Phi) is 5.46. The Morgan fingerprint density at radius 2 is 1.50 bits per heavy atom. The van der Waals surface area contributed by atoms with Crippen LogP contribution in [0.1, 0.15) is 0 Å². The molecule has 0 bridgehead atoms. The Labute approximate surface area is 110 Å². The predicted molar refractivity (Wildman–Crippen MR) is 79.5 cm³/mol. The molecule has 1 N–H and O–H groups in total. The Balaban J connectivity index is 3.02. The average molecular weight is 260 g/mol. The molecular formula is C15H20O2Si. The number of phenols is 1. The molecule has 1 aromatic carbocycles. The fraction of sp³-hybridized carbons (Fsp3) is 0.200. The van der Waals surface area contributed by atoms with E-state index in [0.29, 0.717) is 5.75 Å². The molecule has 1 rings (SSSR count). The first-order valence-electron chi connectivity index (χ1n) is 5.97. The quantitative estimate of drug-likeness (QED) is 0.558. The zero-order valence-electron chi connectivity index (χ0n) is 10.6. The molecule has 0 aromatic heterocycles. The number of aromatic hydroxyl groups is 1. The number of rotatable bonds is 8. The minimum Gasteiger partial charge on any atom is -0.540 e. The van der Waals surface area contributed by atoms with Crippen molar-refractivity contribution in [1.82, 2.24) is 0 Å². The van der Waals surface area contributed by atoms with Gasteiger partial charge in [-0.25, -0.2) is 0 Å². The maximum Gasteiger partial charge on any atom is 0.262 e. The number of allylic oxidation sites excluding steroid dienone is 3. The van der Waals surface area contributed by atoms with Crippen LogP contribution >= 0.6 is 0 Å². The largest absolute Gasteiger partial charge is 0.540 e. The van der Waals surface area contributed by atoms with Crippen molar-refractivity contribution in [1.29, 1.82) is 0 Å². The minimum atomic E-state index is -2.08. The molecule has 0 aliphatic heterocycles. The first kappa shape index (κ1) is 14.3. The molecule has 0 fully saturated rings. The van der Waals surface area contributed by atoms with Gasteiger partial charge in [-0.1, -0.05) is 30.4 Å². The van der Waals surface area contributed by atoms with Crippen LogP contribution in [-0.4, -0.2) is 13.4 Å². The fourth-order valence-corrected chi connectivity index (χ4v) is 4.91. The number of phenolic OH excluding ortho intramolecular Hbond substituents is 1. The molecule has 0 aliphatic carbocycles. The fourth-order valence-electron chi connectivity index (χ4n) is 1.94. The first-order valence-corrected chi connectivity index (χ1v) is 8.50. The summed E-state index contributed by atoms with van der Waals surface area (Å²) in [4.78, 5) is 0. The number of benzene rings is 1. The lowest BCUT2D eigenvalue weighted by Gasteiger charge is -2.29. The van der Waals surface area contributed by atoms with Crippen LogP contribution in [-0.2, 0) is 0 Å². The summed E-state index contributed by atoms with van der Waals surface area (Å²) < 4.78 is 6.13. The van der Waals surface area contributed by atoms with Crippen molar-refractivity contribution in [2.75, 3.05) is 0 Å². The zero-order valence-corrected chi connectivity index (χ0v) is 11.6. The first-order chi connectivity index (χ1) is 8.67. The molecule has 2 nitrogen and oxygen atoms in total. The number of para-hydroxylation sites is 2. The van der Waals surface area contributed by atoms with Gasteiger partial charge in [0.1, 0.15) is 5.75 Å².